The Morgan fingerprint density at radius 1 is 0.962 bits per heavy atom. The molecule has 0 bridgehead atoms. The molecule has 0 spiro atoms. The Balaban J connectivity index is 1.44. The van der Waals surface area contributed by atoms with Crippen LogP contribution in [0.3, 0.4) is 0 Å². The van der Waals surface area contributed by atoms with Crippen LogP contribution in [0.5, 0.6) is 0 Å². The van der Waals surface area contributed by atoms with E-state index in [1.54, 1.807) is 18.6 Å². The molecule has 4 heterocycles. The third-order valence-corrected chi connectivity index (χ3v) is 5.35. The van der Waals surface area contributed by atoms with Crippen LogP contribution in [0.25, 0.3) is 0 Å². The van der Waals surface area contributed by atoms with Crippen LogP contribution in [0.15, 0.2) is 36.8 Å². The van der Waals surface area contributed by atoms with Gasteiger partial charge in [-0.05, 0) is 43.0 Å². The van der Waals surface area contributed by atoms with Gasteiger partial charge in [0.1, 0.15) is 5.82 Å². The monoisotopic (exact) mass is 355 g/mol. The molecule has 4 rings (SSSR count). The minimum Gasteiger partial charge on any atom is -0.393 e. The first-order chi connectivity index (χ1) is 12.7. The van der Waals surface area contributed by atoms with E-state index in [2.05, 4.69) is 19.8 Å². The highest BCUT2D eigenvalue weighted by Gasteiger charge is 2.33. The molecule has 0 radical (unpaired) electrons. The quantitative estimate of drug-likeness (QED) is 0.842. The smallest absolute Gasteiger partial charge is 0.227 e. The summed E-state index contributed by atoms with van der Waals surface area (Å²) in [5.41, 5.74) is 1.19. The SMILES string of the molecule is OC1CCN(c2ccnc(N3C[C@@H](Cc4ccncc4)[C@@H](O)C3)n2)CC1. The van der Waals surface area contributed by atoms with Gasteiger partial charge in [0.15, 0.2) is 0 Å². The van der Waals surface area contributed by atoms with Gasteiger partial charge in [0.25, 0.3) is 0 Å². The van der Waals surface area contributed by atoms with Crippen molar-refractivity contribution < 1.29 is 10.2 Å². The van der Waals surface area contributed by atoms with Crippen molar-refractivity contribution in [1.82, 2.24) is 15.0 Å². The molecule has 2 N–H and O–H groups in total. The number of nitrogens with zero attached hydrogens (tertiary/aromatic N) is 5. The summed E-state index contributed by atoms with van der Waals surface area (Å²) in [6.45, 7) is 2.92. The number of hydrogen-bond donors (Lipinski definition) is 2. The Kier molecular flexibility index (Phi) is 4.99. The van der Waals surface area contributed by atoms with E-state index < -0.39 is 0 Å². The van der Waals surface area contributed by atoms with Crippen LogP contribution in [-0.2, 0) is 6.42 Å². The minimum absolute atomic E-state index is 0.162. The van der Waals surface area contributed by atoms with Crippen LogP contribution in [0, 0.1) is 5.92 Å². The second kappa shape index (κ2) is 7.55. The second-order valence-corrected chi connectivity index (χ2v) is 7.23. The van der Waals surface area contributed by atoms with Crippen LogP contribution in [-0.4, -0.2) is 63.6 Å². The first-order valence-electron chi connectivity index (χ1n) is 9.27. The minimum atomic E-state index is -0.388. The summed E-state index contributed by atoms with van der Waals surface area (Å²) >= 11 is 0. The molecule has 0 saturated carbocycles. The number of anilines is 2. The summed E-state index contributed by atoms with van der Waals surface area (Å²) in [7, 11) is 0. The summed E-state index contributed by atoms with van der Waals surface area (Å²) in [6.07, 6.45) is 7.14. The van der Waals surface area contributed by atoms with Gasteiger partial charge in [-0.3, -0.25) is 4.98 Å². The van der Waals surface area contributed by atoms with Crippen LogP contribution < -0.4 is 9.80 Å². The number of β-amino-alcohol motifs (C(OH)–C–C–N with tert-alkyl or cyclic N) is 1. The Morgan fingerprint density at radius 3 is 2.50 bits per heavy atom. The Labute approximate surface area is 153 Å². The summed E-state index contributed by atoms with van der Waals surface area (Å²) < 4.78 is 0. The maximum Gasteiger partial charge on any atom is 0.227 e. The highest BCUT2D eigenvalue weighted by atomic mass is 16.3. The van der Waals surface area contributed by atoms with E-state index in [1.165, 1.54) is 5.56 Å². The third kappa shape index (κ3) is 3.78. The average Bonchev–Trinajstić information content (AvgIpc) is 3.04. The van der Waals surface area contributed by atoms with E-state index in [0.29, 0.717) is 12.5 Å². The van der Waals surface area contributed by atoms with Crippen molar-refractivity contribution >= 4 is 11.8 Å². The number of aliphatic hydroxyl groups excluding tert-OH is 2. The first-order valence-corrected chi connectivity index (χ1v) is 9.27. The predicted molar refractivity (Wildman–Crippen MR) is 99.1 cm³/mol. The second-order valence-electron chi connectivity index (χ2n) is 7.23. The lowest BCUT2D eigenvalue weighted by Crippen LogP contribution is -2.36. The highest BCUT2D eigenvalue weighted by Crippen LogP contribution is 2.26. The van der Waals surface area contributed by atoms with Gasteiger partial charge >= 0.3 is 0 Å². The fourth-order valence-electron chi connectivity index (χ4n) is 3.80. The molecule has 2 aliphatic heterocycles. The molecule has 2 aliphatic rings. The fourth-order valence-corrected chi connectivity index (χ4v) is 3.80. The van der Waals surface area contributed by atoms with E-state index in [-0.39, 0.29) is 18.1 Å². The molecule has 2 aromatic rings. The number of aliphatic hydroxyl groups is 2. The molecule has 7 heteroatoms. The normalized spacial score (nSPS) is 24.2. The standard InChI is InChI=1S/C19H25N5O2/c25-16-4-9-23(10-5-16)18-3-8-21-19(22-18)24-12-15(17(26)13-24)11-14-1-6-20-7-2-14/h1-3,6-8,15-17,25-26H,4-5,9-13H2/t15-,17+/m1/s1. The van der Waals surface area contributed by atoms with E-state index in [4.69, 9.17) is 4.98 Å². The van der Waals surface area contributed by atoms with Crippen molar-refractivity contribution in [1.29, 1.82) is 0 Å². The molecule has 2 fully saturated rings. The molecule has 2 saturated heterocycles. The lowest BCUT2D eigenvalue weighted by molar-refractivity contribution is 0.145. The van der Waals surface area contributed by atoms with Gasteiger partial charge in [0, 0.05) is 50.7 Å². The van der Waals surface area contributed by atoms with Gasteiger partial charge in [-0.15, -0.1) is 0 Å². The third-order valence-electron chi connectivity index (χ3n) is 5.35. The summed E-state index contributed by atoms with van der Waals surface area (Å²) in [5.74, 6) is 1.73. The molecule has 0 unspecified atom stereocenters. The molecular formula is C19H25N5O2. The zero-order valence-electron chi connectivity index (χ0n) is 14.8. The molecule has 7 nitrogen and oxygen atoms in total. The van der Waals surface area contributed by atoms with Crippen LogP contribution in [0.2, 0.25) is 0 Å². The highest BCUT2D eigenvalue weighted by molar-refractivity contribution is 5.45. The van der Waals surface area contributed by atoms with E-state index in [1.807, 2.05) is 18.2 Å². The summed E-state index contributed by atoms with van der Waals surface area (Å²) in [6, 6.07) is 5.91. The predicted octanol–water partition coefficient (Wildman–Crippen LogP) is 0.872. The van der Waals surface area contributed by atoms with Crippen LogP contribution in [0.1, 0.15) is 18.4 Å². The molecule has 2 aromatic heterocycles. The van der Waals surface area contributed by atoms with Gasteiger partial charge in [-0.1, -0.05) is 0 Å². The average molecular weight is 355 g/mol. The Morgan fingerprint density at radius 2 is 1.73 bits per heavy atom. The van der Waals surface area contributed by atoms with E-state index >= 15 is 0 Å². The maximum absolute atomic E-state index is 10.5. The van der Waals surface area contributed by atoms with Crippen LogP contribution >= 0.6 is 0 Å². The van der Waals surface area contributed by atoms with Gasteiger partial charge in [0.05, 0.1) is 12.2 Å². The van der Waals surface area contributed by atoms with E-state index in [0.717, 1.165) is 44.7 Å². The fraction of sp³-hybridized carbons (Fsp3) is 0.526. The van der Waals surface area contributed by atoms with Gasteiger partial charge in [0.2, 0.25) is 5.95 Å². The van der Waals surface area contributed by atoms with Crippen molar-refractivity contribution in [3.8, 4) is 0 Å². The largest absolute Gasteiger partial charge is 0.393 e. The van der Waals surface area contributed by atoms with Crippen molar-refractivity contribution in [3.63, 3.8) is 0 Å². The molecule has 0 amide bonds. The molecule has 0 aliphatic carbocycles. The van der Waals surface area contributed by atoms with Crippen molar-refractivity contribution in [2.45, 2.75) is 31.5 Å². The van der Waals surface area contributed by atoms with Crippen molar-refractivity contribution in [3.05, 3.63) is 42.4 Å². The van der Waals surface area contributed by atoms with Gasteiger partial charge in [-0.2, -0.15) is 4.98 Å². The lowest BCUT2D eigenvalue weighted by atomic mass is 9.97. The summed E-state index contributed by atoms with van der Waals surface area (Å²) in [5, 5.41) is 20.2. The topological polar surface area (TPSA) is 85.6 Å². The van der Waals surface area contributed by atoms with Crippen molar-refractivity contribution in [2.75, 3.05) is 36.0 Å². The number of pyridine rings is 1. The van der Waals surface area contributed by atoms with Crippen LogP contribution in [0.4, 0.5) is 11.8 Å². The number of hydrogen-bond acceptors (Lipinski definition) is 7. The molecular weight excluding hydrogens is 330 g/mol. The first kappa shape index (κ1) is 17.2. The molecule has 26 heavy (non-hydrogen) atoms. The molecule has 138 valence electrons. The zero-order valence-corrected chi connectivity index (χ0v) is 14.8. The number of aromatic nitrogens is 3. The van der Waals surface area contributed by atoms with Gasteiger partial charge < -0.3 is 20.0 Å². The zero-order chi connectivity index (χ0) is 17.9. The Bertz CT molecular complexity index is 721. The molecule has 0 aromatic carbocycles. The Hall–Kier alpha value is -2.25. The molecule has 2 atom stereocenters. The maximum atomic E-state index is 10.5. The number of rotatable bonds is 4. The van der Waals surface area contributed by atoms with E-state index in [9.17, 15) is 10.2 Å². The summed E-state index contributed by atoms with van der Waals surface area (Å²) in [4.78, 5) is 17.5. The lowest BCUT2D eigenvalue weighted by Gasteiger charge is -2.31. The van der Waals surface area contributed by atoms with Gasteiger partial charge in [-0.25, -0.2) is 4.98 Å². The number of piperidine rings is 1. The van der Waals surface area contributed by atoms with Crippen molar-refractivity contribution in [2.24, 2.45) is 5.92 Å².